The number of nitrogens with two attached hydrogens (primary N) is 1. The van der Waals surface area contributed by atoms with Gasteiger partial charge in [0.15, 0.2) is 0 Å². The molecule has 0 spiro atoms. The predicted molar refractivity (Wildman–Crippen MR) is 80.0 cm³/mol. The molecule has 1 saturated carbocycles. The Morgan fingerprint density at radius 2 is 2.05 bits per heavy atom. The van der Waals surface area contributed by atoms with E-state index in [2.05, 4.69) is 17.6 Å². The Morgan fingerprint density at radius 1 is 1.35 bits per heavy atom. The van der Waals surface area contributed by atoms with E-state index in [-0.39, 0.29) is 29.8 Å². The molecule has 4 atom stereocenters. The van der Waals surface area contributed by atoms with E-state index >= 15 is 0 Å². The van der Waals surface area contributed by atoms with Crippen LogP contribution in [0.5, 0.6) is 0 Å². The molecule has 20 heavy (non-hydrogen) atoms. The Morgan fingerprint density at radius 3 is 2.65 bits per heavy atom. The van der Waals surface area contributed by atoms with Crippen molar-refractivity contribution in [3.63, 3.8) is 0 Å². The van der Waals surface area contributed by atoms with Crippen molar-refractivity contribution in [2.45, 2.75) is 65.0 Å². The topological polar surface area (TPSA) is 84.2 Å². The Labute approximate surface area is 122 Å². The molecule has 4 N–H and O–H groups in total. The van der Waals surface area contributed by atoms with E-state index in [0.717, 1.165) is 25.7 Å². The minimum atomic E-state index is -0.00122. The molecule has 0 saturated heterocycles. The first-order valence-electron chi connectivity index (χ1n) is 7.76. The zero-order valence-corrected chi connectivity index (χ0v) is 12.9. The maximum atomic E-state index is 12.0. The van der Waals surface area contributed by atoms with Gasteiger partial charge in [0.2, 0.25) is 11.8 Å². The summed E-state index contributed by atoms with van der Waals surface area (Å²) >= 11 is 0. The monoisotopic (exact) mass is 283 g/mol. The Bertz CT molecular complexity index is 333. The maximum Gasteiger partial charge on any atom is 0.223 e. The first-order chi connectivity index (χ1) is 9.43. The van der Waals surface area contributed by atoms with Crippen LogP contribution in [0.2, 0.25) is 0 Å². The summed E-state index contributed by atoms with van der Waals surface area (Å²) in [5, 5.41) is 5.76. The molecule has 1 aliphatic carbocycles. The second-order valence-corrected chi connectivity index (χ2v) is 6.07. The van der Waals surface area contributed by atoms with Gasteiger partial charge < -0.3 is 16.4 Å². The van der Waals surface area contributed by atoms with Crippen LogP contribution in [0.15, 0.2) is 0 Å². The Kier molecular flexibility index (Phi) is 6.99. The lowest BCUT2D eigenvalue weighted by Crippen LogP contribution is -2.41. The standard InChI is InChI=1S/C15H29N3O2/c1-4-11(3)18-14(19)7-8-17-15(20)12-5-6-13(16)10(2)9-12/h10-13H,4-9,16H2,1-3H3,(H,17,20)(H,18,19). The summed E-state index contributed by atoms with van der Waals surface area (Å²) in [6, 6.07) is 0.416. The van der Waals surface area contributed by atoms with Gasteiger partial charge in [0.1, 0.15) is 0 Å². The highest BCUT2D eigenvalue weighted by Crippen LogP contribution is 2.27. The molecule has 0 radical (unpaired) electrons. The summed E-state index contributed by atoms with van der Waals surface area (Å²) in [5.74, 6) is 0.523. The van der Waals surface area contributed by atoms with E-state index in [0.29, 0.717) is 18.9 Å². The summed E-state index contributed by atoms with van der Waals surface area (Å²) in [6.07, 6.45) is 3.88. The number of carbonyl (C=O) groups is 2. The molecule has 1 fully saturated rings. The van der Waals surface area contributed by atoms with Crippen molar-refractivity contribution in [3.05, 3.63) is 0 Å². The summed E-state index contributed by atoms with van der Waals surface area (Å²) < 4.78 is 0. The van der Waals surface area contributed by atoms with Crippen LogP contribution in [0.3, 0.4) is 0 Å². The second-order valence-electron chi connectivity index (χ2n) is 6.07. The van der Waals surface area contributed by atoms with Crippen molar-refractivity contribution in [2.24, 2.45) is 17.6 Å². The van der Waals surface area contributed by atoms with Crippen molar-refractivity contribution in [3.8, 4) is 0 Å². The van der Waals surface area contributed by atoms with E-state index in [1.807, 2.05) is 13.8 Å². The van der Waals surface area contributed by atoms with Crippen LogP contribution in [0, 0.1) is 11.8 Å². The third kappa shape index (κ3) is 5.49. The van der Waals surface area contributed by atoms with Gasteiger partial charge in [-0.25, -0.2) is 0 Å². The van der Waals surface area contributed by atoms with E-state index in [4.69, 9.17) is 5.73 Å². The molecule has 0 aromatic heterocycles. The zero-order valence-electron chi connectivity index (χ0n) is 12.9. The SMILES string of the molecule is CCC(C)NC(=O)CCNC(=O)C1CCC(N)C(C)C1. The number of carbonyl (C=O) groups excluding carboxylic acids is 2. The Hall–Kier alpha value is -1.10. The minimum Gasteiger partial charge on any atom is -0.355 e. The molecule has 0 aliphatic heterocycles. The fraction of sp³-hybridized carbons (Fsp3) is 0.867. The molecule has 5 nitrogen and oxygen atoms in total. The smallest absolute Gasteiger partial charge is 0.223 e. The van der Waals surface area contributed by atoms with Crippen molar-refractivity contribution in [2.75, 3.05) is 6.54 Å². The largest absolute Gasteiger partial charge is 0.355 e. The number of rotatable bonds is 6. The average molecular weight is 283 g/mol. The van der Waals surface area contributed by atoms with Gasteiger partial charge in [-0.2, -0.15) is 0 Å². The molecule has 1 aliphatic rings. The Balaban J connectivity index is 2.22. The predicted octanol–water partition coefficient (Wildman–Crippen LogP) is 1.17. The number of amides is 2. The van der Waals surface area contributed by atoms with Crippen LogP contribution in [-0.2, 0) is 9.59 Å². The zero-order chi connectivity index (χ0) is 15.1. The molecule has 0 heterocycles. The highest BCUT2D eigenvalue weighted by Gasteiger charge is 2.29. The van der Waals surface area contributed by atoms with E-state index in [1.165, 1.54) is 0 Å². The number of hydrogen-bond acceptors (Lipinski definition) is 3. The highest BCUT2D eigenvalue weighted by atomic mass is 16.2. The van der Waals surface area contributed by atoms with Crippen LogP contribution in [0.1, 0.15) is 52.9 Å². The van der Waals surface area contributed by atoms with Crippen LogP contribution in [0.4, 0.5) is 0 Å². The molecule has 1 rings (SSSR count). The lowest BCUT2D eigenvalue weighted by molar-refractivity contribution is -0.126. The minimum absolute atomic E-state index is 0.00122. The van der Waals surface area contributed by atoms with E-state index < -0.39 is 0 Å². The molecular formula is C15H29N3O2. The molecule has 0 bridgehead atoms. The average Bonchev–Trinajstić information content (AvgIpc) is 2.41. The van der Waals surface area contributed by atoms with Crippen LogP contribution >= 0.6 is 0 Å². The fourth-order valence-corrected chi connectivity index (χ4v) is 2.55. The molecule has 4 unspecified atom stereocenters. The summed E-state index contributed by atoms with van der Waals surface area (Å²) in [4.78, 5) is 23.6. The lowest BCUT2D eigenvalue weighted by atomic mass is 9.79. The summed E-state index contributed by atoms with van der Waals surface area (Å²) in [7, 11) is 0. The van der Waals surface area contributed by atoms with E-state index in [1.54, 1.807) is 0 Å². The quantitative estimate of drug-likeness (QED) is 0.684. The molecule has 5 heteroatoms. The fourth-order valence-electron chi connectivity index (χ4n) is 2.55. The van der Waals surface area contributed by atoms with Crippen molar-refractivity contribution < 1.29 is 9.59 Å². The van der Waals surface area contributed by atoms with Crippen LogP contribution in [0.25, 0.3) is 0 Å². The van der Waals surface area contributed by atoms with Gasteiger partial charge in [0.25, 0.3) is 0 Å². The van der Waals surface area contributed by atoms with Gasteiger partial charge in [0.05, 0.1) is 0 Å². The van der Waals surface area contributed by atoms with Gasteiger partial charge >= 0.3 is 0 Å². The number of hydrogen-bond donors (Lipinski definition) is 3. The van der Waals surface area contributed by atoms with Gasteiger partial charge in [-0.05, 0) is 38.5 Å². The normalized spacial score (nSPS) is 27.7. The van der Waals surface area contributed by atoms with Gasteiger partial charge in [-0.3, -0.25) is 9.59 Å². The van der Waals surface area contributed by atoms with Crippen LogP contribution < -0.4 is 16.4 Å². The van der Waals surface area contributed by atoms with Crippen LogP contribution in [-0.4, -0.2) is 30.4 Å². The third-order valence-corrected chi connectivity index (χ3v) is 4.28. The van der Waals surface area contributed by atoms with Gasteiger partial charge in [-0.1, -0.05) is 13.8 Å². The third-order valence-electron chi connectivity index (χ3n) is 4.28. The summed E-state index contributed by atoms with van der Waals surface area (Å²) in [6.45, 7) is 6.52. The first-order valence-corrected chi connectivity index (χ1v) is 7.76. The second kappa shape index (κ2) is 8.25. The highest BCUT2D eigenvalue weighted by molar-refractivity contribution is 5.80. The molecule has 116 valence electrons. The molecule has 2 amide bonds. The van der Waals surface area contributed by atoms with Crippen molar-refractivity contribution >= 4 is 11.8 Å². The maximum absolute atomic E-state index is 12.0. The van der Waals surface area contributed by atoms with Gasteiger partial charge in [-0.15, -0.1) is 0 Å². The van der Waals surface area contributed by atoms with E-state index in [9.17, 15) is 9.59 Å². The molecule has 0 aromatic rings. The lowest BCUT2D eigenvalue weighted by Gasteiger charge is -2.31. The van der Waals surface area contributed by atoms with Crippen molar-refractivity contribution in [1.29, 1.82) is 0 Å². The molecular weight excluding hydrogens is 254 g/mol. The van der Waals surface area contributed by atoms with Crippen molar-refractivity contribution in [1.82, 2.24) is 10.6 Å². The molecule has 0 aromatic carbocycles. The van der Waals surface area contributed by atoms with Gasteiger partial charge in [0, 0.05) is 31.0 Å². The first kappa shape index (κ1) is 17.0. The summed E-state index contributed by atoms with van der Waals surface area (Å²) in [5.41, 5.74) is 5.96. The number of nitrogens with one attached hydrogen (secondary N) is 2.